The van der Waals surface area contributed by atoms with Crippen LogP contribution in [0.25, 0.3) is 0 Å². The molecule has 2 amide bonds. The number of carbonyl (C=O) groups excluding carboxylic acids is 3. The fourth-order valence-electron chi connectivity index (χ4n) is 2.73. The van der Waals surface area contributed by atoms with Gasteiger partial charge in [-0.05, 0) is 19.1 Å². The van der Waals surface area contributed by atoms with Gasteiger partial charge in [0.1, 0.15) is 0 Å². The molecule has 7 nitrogen and oxygen atoms in total. The average Bonchev–Trinajstić information content (AvgIpc) is 3.22. The van der Waals surface area contributed by atoms with Crippen LogP contribution in [0.3, 0.4) is 0 Å². The van der Waals surface area contributed by atoms with Gasteiger partial charge in [0.25, 0.3) is 0 Å². The van der Waals surface area contributed by atoms with Crippen molar-refractivity contribution in [3.63, 3.8) is 0 Å². The van der Waals surface area contributed by atoms with Gasteiger partial charge in [0.05, 0.1) is 25.1 Å². The molecule has 0 saturated carbocycles. The quantitative estimate of drug-likeness (QED) is 0.812. The summed E-state index contributed by atoms with van der Waals surface area (Å²) in [5.74, 6) is -1.13. The van der Waals surface area contributed by atoms with Gasteiger partial charge in [-0.3, -0.25) is 14.4 Å². The molecule has 1 N–H and O–H groups in total. The minimum atomic E-state index is -0.434. The normalized spacial score (nSPS) is 16.6. The minimum Gasteiger partial charge on any atom is -0.469 e. The van der Waals surface area contributed by atoms with Crippen LogP contribution in [0.2, 0.25) is 0 Å². The van der Waals surface area contributed by atoms with Crippen molar-refractivity contribution < 1.29 is 19.1 Å². The first-order chi connectivity index (χ1) is 12.5. The van der Waals surface area contributed by atoms with Crippen LogP contribution in [0.5, 0.6) is 0 Å². The number of benzene rings is 1. The molecule has 1 aliphatic rings. The van der Waals surface area contributed by atoms with Crippen molar-refractivity contribution >= 4 is 39.9 Å². The first-order valence-electron chi connectivity index (χ1n) is 8.15. The number of anilines is 2. The second-order valence-corrected chi connectivity index (χ2v) is 6.99. The maximum Gasteiger partial charge on any atom is 0.311 e. The van der Waals surface area contributed by atoms with Crippen LogP contribution >= 0.6 is 11.3 Å². The number of nitrogens with zero attached hydrogens (tertiary/aromatic N) is 2. The van der Waals surface area contributed by atoms with Gasteiger partial charge < -0.3 is 15.0 Å². The number of thiazole rings is 1. The highest BCUT2D eigenvalue weighted by atomic mass is 32.1. The Balaban J connectivity index is 1.61. The zero-order valence-electron chi connectivity index (χ0n) is 14.5. The maximum atomic E-state index is 12.5. The van der Waals surface area contributed by atoms with E-state index in [2.05, 4.69) is 15.0 Å². The monoisotopic (exact) mass is 373 g/mol. The highest BCUT2D eigenvalue weighted by Gasteiger charge is 2.35. The fraction of sp³-hybridized carbons (Fsp3) is 0.333. The summed E-state index contributed by atoms with van der Waals surface area (Å²) in [6, 6.07) is 7.64. The van der Waals surface area contributed by atoms with Gasteiger partial charge in [0.2, 0.25) is 11.8 Å². The van der Waals surface area contributed by atoms with E-state index in [4.69, 9.17) is 0 Å². The molecule has 3 rings (SSSR count). The number of hydrogen-bond donors (Lipinski definition) is 1. The number of aryl methyl sites for hydroxylation is 1. The van der Waals surface area contributed by atoms with E-state index in [0.29, 0.717) is 17.4 Å². The molecule has 8 heteroatoms. The standard InChI is InChI=1S/C18H19N3O4S/c1-11-3-5-14(6-4-11)21-9-12(7-15(21)22)17(24)20-18-19-13(10-26-18)8-16(23)25-2/h3-6,10,12H,7-9H2,1-2H3,(H,19,20,24)/t12-/m0/s1. The van der Waals surface area contributed by atoms with Gasteiger partial charge in [0.15, 0.2) is 5.13 Å². The first kappa shape index (κ1) is 18.1. The second-order valence-electron chi connectivity index (χ2n) is 6.13. The number of carbonyl (C=O) groups is 3. The third-order valence-corrected chi connectivity index (χ3v) is 4.98. The molecule has 136 valence electrons. The lowest BCUT2D eigenvalue weighted by molar-refractivity contribution is -0.139. The SMILES string of the molecule is COC(=O)Cc1csc(NC(=O)[C@H]2CC(=O)N(c3ccc(C)cc3)C2)n1. The van der Waals surface area contributed by atoms with Crippen LogP contribution in [0.1, 0.15) is 17.7 Å². The van der Waals surface area contributed by atoms with Crippen molar-refractivity contribution in [3.8, 4) is 0 Å². The van der Waals surface area contributed by atoms with Crippen LogP contribution < -0.4 is 10.2 Å². The van der Waals surface area contributed by atoms with Gasteiger partial charge >= 0.3 is 5.97 Å². The third kappa shape index (κ3) is 4.08. The Morgan fingerprint density at radius 3 is 2.77 bits per heavy atom. The van der Waals surface area contributed by atoms with Crippen molar-refractivity contribution in [2.24, 2.45) is 5.92 Å². The Bertz CT molecular complexity index is 831. The van der Waals surface area contributed by atoms with E-state index in [9.17, 15) is 14.4 Å². The Morgan fingerprint density at radius 2 is 2.08 bits per heavy atom. The van der Waals surface area contributed by atoms with Gasteiger partial charge in [-0.25, -0.2) is 4.98 Å². The first-order valence-corrected chi connectivity index (χ1v) is 9.03. The summed E-state index contributed by atoms with van der Waals surface area (Å²) in [5.41, 5.74) is 2.45. The number of rotatable bonds is 5. The molecule has 1 aromatic carbocycles. The molecule has 0 unspecified atom stereocenters. The van der Waals surface area contributed by atoms with Crippen LogP contribution in [0.4, 0.5) is 10.8 Å². The van der Waals surface area contributed by atoms with Crippen molar-refractivity contribution in [2.45, 2.75) is 19.8 Å². The molecule has 0 aliphatic carbocycles. The van der Waals surface area contributed by atoms with Gasteiger partial charge in [-0.15, -0.1) is 11.3 Å². The van der Waals surface area contributed by atoms with Crippen molar-refractivity contribution in [1.82, 2.24) is 4.98 Å². The third-order valence-electron chi connectivity index (χ3n) is 4.18. The number of nitrogens with one attached hydrogen (secondary N) is 1. The summed E-state index contributed by atoms with van der Waals surface area (Å²) < 4.78 is 4.59. The highest BCUT2D eigenvalue weighted by Crippen LogP contribution is 2.27. The molecule has 0 radical (unpaired) electrons. The zero-order valence-corrected chi connectivity index (χ0v) is 15.3. The van der Waals surface area contributed by atoms with E-state index in [1.54, 1.807) is 10.3 Å². The van der Waals surface area contributed by atoms with E-state index in [1.165, 1.54) is 18.4 Å². The van der Waals surface area contributed by atoms with E-state index in [0.717, 1.165) is 11.3 Å². The largest absolute Gasteiger partial charge is 0.469 e. The molecule has 0 bridgehead atoms. The molecule has 2 aromatic rings. The molecule has 1 fully saturated rings. The molecule has 1 saturated heterocycles. The Labute approximate surface area is 155 Å². The fourth-order valence-corrected chi connectivity index (χ4v) is 3.44. The van der Waals surface area contributed by atoms with Crippen molar-refractivity contribution in [1.29, 1.82) is 0 Å². The predicted octanol–water partition coefficient (Wildman–Crippen LogP) is 2.16. The Kier molecular flexibility index (Phi) is 5.32. The summed E-state index contributed by atoms with van der Waals surface area (Å²) in [5, 5.41) is 4.85. The molecule has 1 aliphatic heterocycles. The van der Waals surface area contributed by atoms with Crippen molar-refractivity contribution in [3.05, 3.63) is 40.9 Å². The molecule has 1 aromatic heterocycles. The maximum absolute atomic E-state index is 12.5. The van der Waals surface area contributed by atoms with E-state index in [-0.39, 0.29) is 30.6 Å². The number of aromatic nitrogens is 1. The van der Waals surface area contributed by atoms with Crippen LogP contribution in [0, 0.1) is 12.8 Å². The molecule has 1 atom stereocenters. The topological polar surface area (TPSA) is 88.6 Å². The molecular weight excluding hydrogens is 354 g/mol. The minimum absolute atomic E-state index is 0.0615. The Hall–Kier alpha value is -2.74. The predicted molar refractivity (Wildman–Crippen MR) is 98.1 cm³/mol. The Morgan fingerprint density at radius 1 is 1.35 bits per heavy atom. The molecule has 26 heavy (non-hydrogen) atoms. The van der Waals surface area contributed by atoms with Crippen molar-refractivity contribution in [2.75, 3.05) is 23.9 Å². The average molecular weight is 373 g/mol. The number of amides is 2. The molecule has 2 heterocycles. The second kappa shape index (κ2) is 7.65. The van der Waals surface area contributed by atoms with Gasteiger partial charge in [-0.1, -0.05) is 17.7 Å². The van der Waals surface area contributed by atoms with Gasteiger partial charge in [0, 0.05) is 24.0 Å². The van der Waals surface area contributed by atoms with Crippen LogP contribution in [0.15, 0.2) is 29.6 Å². The summed E-state index contributed by atoms with van der Waals surface area (Å²) in [4.78, 5) is 41.8. The van der Waals surface area contributed by atoms with E-state index < -0.39 is 5.92 Å². The molecular formula is C18H19N3O4S. The van der Waals surface area contributed by atoms with Crippen LogP contribution in [-0.2, 0) is 25.5 Å². The lowest BCUT2D eigenvalue weighted by Gasteiger charge is -2.16. The smallest absolute Gasteiger partial charge is 0.311 e. The number of hydrogen-bond acceptors (Lipinski definition) is 6. The number of esters is 1. The number of ether oxygens (including phenoxy) is 1. The van der Waals surface area contributed by atoms with Crippen LogP contribution in [-0.4, -0.2) is 36.4 Å². The summed E-state index contributed by atoms with van der Waals surface area (Å²) in [6.45, 7) is 2.32. The van der Waals surface area contributed by atoms with E-state index in [1.807, 2.05) is 31.2 Å². The molecule has 0 spiro atoms. The highest BCUT2D eigenvalue weighted by molar-refractivity contribution is 7.13. The lowest BCUT2D eigenvalue weighted by atomic mass is 10.1. The van der Waals surface area contributed by atoms with E-state index >= 15 is 0 Å². The summed E-state index contributed by atoms with van der Waals surface area (Å²) in [6.07, 6.45) is 0.228. The zero-order chi connectivity index (χ0) is 18.7. The summed E-state index contributed by atoms with van der Waals surface area (Å²) >= 11 is 1.24. The number of methoxy groups -OCH3 is 1. The lowest BCUT2D eigenvalue weighted by Crippen LogP contribution is -2.28. The summed E-state index contributed by atoms with van der Waals surface area (Å²) in [7, 11) is 1.31. The van der Waals surface area contributed by atoms with Gasteiger partial charge in [-0.2, -0.15) is 0 Å².